The first kappa shape index (κ1) is 16.5. The van der Waals surface area contributed by atoms with Crippen LogP contribution in [0, 0.1) is 5.82 Å². The fourth-order valence-electron chi connectivity index (χ4n) is 2.99. The van der Waals surface area contributed by atoms with Crippen molar-refractivity contribution in [2.24, 2.45) is 5.73 Å². The van der Waals surface area contributed by atoms with E-state index in [1.165, 1.54) is 23.1 Å². The van der Waals surface area contributed by atoms with E-state index in [0.717, 1.165) is 11.1 Å². The molecule has 3 rings (SSSR count). The van der Waals surface area contributed by atoms with E-state index in [-0.39, 0.29) is 29.5 Å². The van der Waals surface area contributed by atoms with Crippen LogP contribution in [0.4, 0.5) is 4.39 Å². The predicted octanol–water partition coefficient (Wildman–Crippen LogP) is 2.46. The Balaban J connectivity index is 1.89. The lowest BCUT2D eigenvalue weighted by atomic mass is 9.93. The zero-order chi connectivity index (χ0) is 17.3. The van der Waals surface area contributed by atoms with Gasteiger partial charge in [-0.05, 0) is 23.3 Å². The van der Waals surface area contributed by atoms with Crippen molar-refractivity contribution >= 4 is 23.4 Å². The zero-order valence-corrected chi connectivity index (χ0v) is 13.6. The summed E-state index contributed by atoms with van der Waals surface area (Å²) < 4.78 is 13.9. The summed E-state index contributed by atoms with van der Waals surface area (Å²) in [5, 5.41) is 0.191. The second-order valence-electron chi connectivity index (χ2n) is 5.79. The van der Waals surface area contributed by atoms with Crippen LogP contribution in [-0.4, -0.2) is 22.8 Å². The lowest BCUT2D eigenvalue weighted by molar-refractivity contribution is -0.140. The third-order valence-electron chi connectivity index (χ3n) is 4.29. The summed E-state index contributed by atoms with van der Waals surface area (Å²) in [6.45, 7) is 0.273. The van der Waals surface area contributed by atoms with Gasteiger partial charge in [0.2, 0.25) is 11.8 Å². The van der Waals surface area contributed by atoms with Gasteiger partial charge in [-0.25, -0.2) is 4.39 Å². The van der Waals surface area contributed by atoms with Crippen molar-refractivity contribution in [1.82, 2.24) is 4.90 Å². The average Bonchev–Trinajstić information content (AvgIpc) is 2.56. The molecule has 24 heavy (non-hydrogen) atoms. The minimum atomic E-state index is -0.738. The molecule has 124 valence electrons. The highest BCUT2D eigenvalue weighted by Crippen LogP contribution is 2.26. The highest BCUT2D eigenvalue weighted by Gasteiger charge is 2.33. The van der Waals surface area contributed by atoms with Crippen LogP contribution in [0.2, 0.25) is 5.02 Å². The zero-order valence-electron chi connectivity index (χ0n) is 12.8. The first-order valence-electron chi connectivity index (χ1n) is 7.56. The van der Waals surface area contributed by atoms with Crippen molar-refractivity contribution in [2.45, 2.75) is 25.4 Å². The Morgan fingerprint density at radius 1 is 1.17 bits per heavy atom. The molecule has 1 atom stereocenters. The molecule has 0 bridgehead atoms. The highest BCUT2D eigenvalue weighted by atomic mass is 35.5. The summed E-state index contributed by atoms with van der Waals surface area (Å²) in [6, 6.07) is 11.1. The Bertz CT molecular complexity index is 789. The Morgan fingerprint density at radius 2 is 1.88 bits per heavy atom. The van der Waals surface area contributed by atoms with Gasteiger partial charge in [-0.3, -0.25) is 9.59 Å². The summed E-state index contributed by atoms with van der Waals surface area (Å²) in [7, 11) is 0. The molecule has 1 aliphatic heterocycles. The van der Waals surface area contributed by atoms with Crippen molar-refractivity contribution in [3.05, 3.63) is 70.0 Å². The number of hydrogen-bond acceptors (Lipinski definition) is 2. The van der Waals surface area contributed by atoms with Gasteiger partial charge in [0.25, 0.3) is 0 Å². The van der Waals surface area contributed by atoms with Crippen LogP contribution in [0.3, 0.4) is 0 Å². The van der Waals surface area contributed by atoms with Gasteiger partial charge in [0.1, 0.15) is 11.9 Å². The molecule has 2 N–H and O–H groups in total. The number of hydrogen-bond donors (Lipinski definition) is 1. The molecule has 0 aliphatic carbocycles. The molecule has 1 aliphatic rings. The maximum Gasteiger partial charge on any atom is 0.240 e. The van der Waals surface area contributed by atoms with E-state index in [0.29, 0.717) is 6.42 Å². The molecule has 0 saturated heterocycles. The van der Waals surface area contributed by atoms with Crippen LogP contribution in [0.15, 0.2) is 42.5 Å². The van der Waals surface area contributed by atoms with Gasteiger partial charge in [-0.15, -0.1) is 0 Å². The lowest BCUT2D eigenvalue weighted by Crippen LogP contribution is -2.51. The van der Waals surface area contributed by atoms with Crippen molar-refractivity contribution in [3.63, 3.8) is 0 Å². The van der Waals surface area contributed by atoms with Crippen molar-refractivity contribution in [2.75, 3.05) is 0 Å². The number of nitrogens with two attached hydrogens (primary N) is 1. The van der Waals surface area contributed by atoms with E-state index in [2.05, 4.69) is 0 Å². The number of carbonyl (C=O) groups excluding carboxylic acids is 2. The Hall–Kier alpha value is -2.40. The van der Waals surface area contributed by atoms with Gasteiger partial charge in [-0.1, -0.05) is 41.9 Å². The van der Waals surface area contributed by atoms with Crippen molar-refractivity contribution in [1.29, 1.82) is 0 Å². The van der Waals surface area contributed by atoms with Crippen molar-refractivity contribution < 1.29 is 14.0 Å². The maximum atomic E-state index is 13.9. The molecule has 0 spiro atoms. The van der Waals surface area contributed by atoms with Gasteiger partial charge in [0, 0.05) is 23.6 Å². The summed E-state index contributed by atoms with van der Waals surface area (Å²) >= 11 is 5.99. The average molecular weight is 347 g/mol. The second-order valence-corrected chi connectivity index (χ2v) is 6.20. The molecule has 1 heterocycles. The number of benzene rings is 2. The number of carbonyl (C=O) groups is 2. The molecule has 0 saturated carbocycles. The number of amides is 2. The van der Waals surface area contributed by atoms with E-state index >= 15 is 0 Å². The minimum absolute atomic E-state index is 0.131. The smallest absolute Gasteiger partial charge is 0.240 e. The third-order valence-corrected chi connectivity index (χ3v) is 4.64. The van der Waals surface area contributed by atoms with Gasteiger partial charge in [0.05, 0.1) is 6.42 Å². The first-order chi connectivity index (χ1) is 11.5. The third kappa shape index (κ3) is 3.12. The Kier molecular flexibility index (Phi) is 4.53. The van der Waals surface area contributed by atoms with Crippen LogP contribution < -0.4 is 5.73 Å². The predicted molar refractivity (Wildman–Crippen MR) is 88.8 cm³/mol. The van der Waals surface area contributed by atoms with Crippen LogP contribution in [0.5, 0.6) is 0 Å². The number of nitrogens with zero attached hydrogens (tertiary/aromatic N) is 1. The molecule has 2 aromatic carbocycles. The van der Waals surface area contributed by atoms with Gasteiger partial charge >= 0.3 is 0 Å². The summed E-state index contributed by atoms with van der Waals surface area (Å²) in [6.07, 6.45) is 0.152. The molecular formula is C18H16ClFN2O2. The largest absolute Gasteiger partial charge is 0.368 e. The first-order valence-corrected chi connectivity index (χ1v) is 7.93. The molecule has 0 radical (unpaired) electrons. The van der Waals surface area contributed by atoms with E-state index in [9.17, 15) is 14.0 Å². The number of fused-ring (bicyclic) bond motifs is 1. The standard InChI is InChI=1S/C18H16ClFN2O2/c19-14-6-3-7-15(20)13(14)9-17(23)22-10-12-5-2-1-4-11(12)8-16(22)18(21)24/h1-7,16H,8-10H2,(H2,21,24)/t16-/m0/s1. The summed E-state index contributed by atoms with van der Waals surface area (Å²) in [4.78, 5) is 25.9. The van der Waals surface area contributed by atoms with Gasteiger partial charge < -0.3 is 10.6 Å². The van der Waals surface area contributed by atoms with E-state index in [1.807, 2.05) is 24.3 Å². The molecule has 6 heteroatoms. The fraction of sp³-hybridized carbons (Fsp3) is 0.222. The normalized spacial score (nSPS) is 16.6. The molecule has 0 aromatic heterocycles. The van der Waals surface area contributed by atoms with Crippen molar-refractivity contribution in [3.8, 4) is 0 Å². The van der Waals surface area contributed by atoms with E-state index < -0.39 is 17.8 Å². The quantitative estimate of drug-likeness (QED) is 0.928. The van der Waals surface area contributed by atoms with Crippen LogP contribution in [0.1, 0.15) is 16.7 Å². The Morgan fingerprint density at radius 3 is 2.54 bits per heavy atom. The van der Waals surface area contributed by atoms with Crippen LogP contribution >= 0.6 is 11.6 Å². The molecule has 2 aromatic rings. The van der Waals surface area contributed by atoms with E-state index in [4.69, 9.17) is 17.3 Å². The van der Waals surface area contributed by atoms with Gasteiger partial charge in [0.15, 0.2) is 0 Å². The van der Waals surface area contributed by atoms with E-state index in [1.54, 1.807) is 0 Å². The molecular weight excluding hydrogens is 331 g/mol. The molecule has 4 nitrogen and oxygen atoms in total. The summed E-state index contributed by atoms with van der Waals surface area (Å²) in [5.41, 5.74) is 7.56. The highest BCUT2D eigenvalue weighted by molar-refractivity contribution is 6.31. The monoisotopic (exact) mass is 346 g/mol. The van der Waals surface area contributed by atoms with Crippen LogP contribution in [0.25, 0.3) is 0 Å². The summed E-state index contributed by atoms with van der Waals surface area (Å²) in [5.74, 6) is -1.48. The molecule has 0 fully saturated rings. The fourth-order valence-corrected chi connectivity index (χ4v) is 3.22. The Labute approximate surface area is 144 Å². The van der Waals surface area contributed by atoms with Gasteiger partial charge in [-0.2, -0.15) is 0 Å². The number of halogens is 2. The minimum Gasteiger partial charge on any atom is -0.368 e. The molecule has 2 amide bonds. The number of rotatable bonds is 3. The second kappa shape index (κ2) is 6.61. The molecule has 0 unspecified atom stereocenters. The lowest BCUT2D eigenvalue weighted by Gasteiger charge is -2.35. The topological polar surface area (TPSA) is 63.4 Å². The van der Waals surface area contributed by atoms with Crippen LogP contribution in [-0.2, 0) is 29.0 Å². The number of primary amides is 1. The maximum absolute atomic E-state index is 13.9. The SMILES string of the molecule is NC(=O)[C@@H]1Cc2ccccc2CN1C(=O)Cc1c(F)cccc1Cl.